The fourth-order valence-electron chi connectivity index (χ4n) is 4.70. The minimum Gasteiger partial charge on any atom is -0.424 e. The van der Waals surface area contributed by atoms with E-state index in [1.165, 1.54) is 57.4 Å². The number of carbonyl (C=O) groups is 1. The number of halogens is 1. The zero-order valence-corrected chi connectivity index (χ0v) is 23.5. The van der Waals surface area contributed by atoms with Crippen molar-refractivity contribution < 1.29 is 13.9 Å². The summed E-state index contributed by atoms with van der Waals surface area (Å²) in [6.07, 6.45) is 14.5. The van der Waals surface area contributed by atoms with Crippen molar-refractivity contribution in [1.82, 2.24) is 4.98 Å². The summed E-state index contributed by atoms with van der Waals surface area (Å²) in [7, 11) is 0. The molecule has 3 aromatic rings. The molecule has 0 fully saturated rings. The van der Waals surface area contributed by atoms with E-state index >= 15 is 0 Å². The summed E-state index contributed by atoms with van der Waals surface area (Å²) in [4.78, 5) is 17.3. The maximum absolute atomic E-state index is 15.0. The molecule has 1 heterocycles. The molecular weight excluding hydrogens is 473 g/mol. The second-order valence-electron chi connectivity index (χ2n) is 10.5. The van der Waals surface area contributed by atoms with Crippen LogP contribution in [-0.2, 0) is 11.2 Å². The van der Waals surface area contributed by atoms with E-state index in [9.17, 15) is 9.18 Å². The molecule has 1 unspecified atom stereocenters. The van der Waals surface area contributed by atoms with Gasteiger partial charge in [0.25, 0.3) is 0 Å². The first-order valence-corrected chi connectivity index (χ1v) is 14.5. The Bertz CT molecular complexity index is 1110. The smallest absolute Gasteiger partial charge is 0.348 e. The van der Waals surface area contributed by atoms with Crippen LogP contribution in [0, 0.1) is 0 Å². The Morgan fingerprint density at radius 3 is 2.08 bits per heavy atom. The Labute approximate surface area is 228 Å². The maximum atomic E-state index is 15.0. The van der Waals surface area contributed by atoms with Crippen molar-refractivity contribution in [3.8, 4) is 28.1 Å². The minimum absolute atomic E-state index is 0.188. The molecule has 2 aromatic carbocycles. The number of unbranched alkanes of at least 4 members (excludes halogenated alkanes) is 8. The molecule has 0 N–H and O–H groups in total. The van der Waals surface area contributed by atoms with Gasteiger partial charge in [-0.05, 0) is 67.5 Å². The van der Waals surface area contributed by atoms with Crippen LogP contribution in [0.5, 0.6) is 5.75 Å². The summed E-state index contributed by atoms with van der Waals surface area (Å²) < 4.78 is 20.4. The van der Waals surface area contributed by atoms with Gasteiger partial charge < -0.3 is 4.74 Å². The monoisotopic (exact) mass is 517 g/mol. The number of carbonyl (C=O) groups excluding carboxylic acids is 1. The summed E-state index contributed by atoms with van der Waals surface area (Å²) in [6, 6.07) is 19.7. The van der Waals surface area contributed by atoms with Crippen molar-refractivity contribution in [2.45, 2.75) is 103 Å². The molecule has 4 heteroatoms. The third-order valence-electron chi connectivity index (χ3n) is 7.15. The van der Waals surface area contributed by atoms with Gasteiger partial charge in [-0.15, -0.1) is 0 Å². The van der Waals surface area contributed by atoms with Gasteiger partial charge in [0.2, 0.25) is 5.67 Å². The van der Waals surface area contributed by atoms with E-state index in [2.05, 4.69) is 38.1 Å². The van der Waals surface area contributed by atoms with Crippen LogP contribution in [0.1, 0.15) is 97.0 Å². The van der Waals surface area contributed by atoms with Gasteiger partial charge in [0.1, 0.15) is 5.75 Å². The highest BCUT2D eigenvalue weighted by molar-refractivity contribution is 5.83. The van der Waals surface area contributed by atoms with Crippen LogP contribution in [0.25, 0.3) is 22.4 Å². The van der Waals surface area contributed by atoms with Crippen LogP contribution in [0.4, 0.5) is 4.39 Å². The predicted molar refractivity (Wildman–Crippen MR) is 156 cm³/mol. The molecule has 38 heavy (non-hydrogen) atoms. The number of hydrogen-bond donors (Lipinski definition) is 0. The number of nitrogens with zero attached hydrogens (tertiary/aromatic N) is 1. The van der Waals surface area contributed by atoms with E-state index in [0.29, 0.717) is 12.2 Å². The molecule has 0 amide bonds. The van der Waals surface area contributed by atoms with E-state index < -0.39 is 11.6 Å². The van der Waals surface area contributed by atoms with E-state index in [4.69, 9.17) is 9.72 Å². The summed E-state index contributed by atoms with van der Waals surface area (Å²) in [5.74, 6) is -0.466. The van der Waals surface area contributed by atoms with E-state index in [-0.39, 0.29) is 6.42 Å². The normalized spacial score (nSPS) is 12.7. The topological polar surface area (TPSA) is 39.2 Å². The molecule has 0 saturated carbocycles. The highest BCUT2D eigenvalue weighted by Crippen LogP contribution is 2.32. The standard InChI is InChI=1S/C34H44FNO2/c1-4-6-8-10-11-15-25-34(3,35)33(37)38-29-22-20-28(21-23-29)30-17-13-14-18-31(30)32-24-19-27(26-36-32)16-12-9-7-5-2/h13-14,17-24,26H,4-12,15-16,25H2,1-3H3. The number of aromatic nitrogens is 1. The largest absolute Gasteiger partial charge is 0.424 e. The molecule has 0 spiro atoms. The van der Waals surface area contributed by atoms with Crippen LogP contribution in [0.3, 0.4) is 0 Å². The van der Waals surface area contributed by atoms with Crippen LogP contribution in [0.15, 0.2) is 66.9 Å². The lowest BCUT2D eigenvalue weighted by Gasteiger charge is -2.18. The van der Waals surface area contributed by atoms with Gasteiger partial charge in [-0.2, -0.15) is 0 Å². The average Bonchev–Trinajstić information content (AvgIpc) is 2.94. The van der Waals surface area contributed by atoms with Crippen molar-refractivity contribution in [3.05, 3.63) is 72.4 Å². The lowest BCUT2D eigenvalue weighted by molar-refractivity contribution is -0.147. The Balaban J connectivity index is 1.61. The molecule has 0 aliphatic carbocycles. The van der Waals surface area contributed by atoms with Gasteiger partial charge in [0.05, 0.1) is 5.69 Å². The van der Waals surface area contributed by atoms with Gasteiger partial charge in [0.15, 0.2) is 0 Å². The van der Waals surface area contributed by atoms with E-state index in [0.717, 1.165) is 41.6 Å². The highest BCUT2D eigenvalue weighted by atomic mass is 19.1. The van der Waals surface area contributed by atoms with Crippen molar-refractivity contribution in [1.29, 1.82) is 0 Å². The first kappa shape index (κ1) is 29.5. The van der Waals surface area contributed by atoms with Gasteiger partial charge in [-0.3, -0.25) is 4.98 Å². The lowest BCUT2D eigenvalue weighted by atomic mass is 9.96. The first-order valence-electron chi connectivity index (χ1n) is 14.5. The maximum Gasteiger partial charge on any atom is 0.348 e. The molecule has 0 aliphatic heterocycles. The van der Waals surface area contributed by atoms with Crippen molar-refractivity contribution in [2.24, 2.45) is 0 Å². The number of benzene rings is 2. The Morgan fingerprint density at radius 1 is 0.789 bits per heavy atom. The average molecular weight is 518 g/mol. The summed E-state index contributed by atoms with van der Waals surface area (Å²) >= 11 is 0. The molecule has 204 valence electrons. The van der Waals surface area contributed by atoms with Crippen molar-refractivity contribution in [3.63, 3.8) is 0 Å². The second kappa shape index (κ2) is 15.4. The molecule has 1 aromatic heterocycles. The fourth-order valence-corrected chi connectivity index (χ4v) is 4.70. The third kappa shape index (κ3) is 9.08. The summed E-state index contributed by atoms with van der Waals surface area (Å²) in [6.45, 7) is 5.73. The van der Waals surface area contributed by atoms with Crippen molar-refractivity contribution >= 4 is 5.97 Å². The summed E-state index contributed by atoms with van der Waals surface area (Å²) in [5, 5.41) is 0. The van der Waals surface area contributed by atoms with E-state index in [1.54, 1.807) is 12.1 Å². The quantitative estimate of drug-likeness (QED) is 0.108. The molecule has 0 saturated heterocycles. The Hall–Kier alpha value is -3.01. The number of aryl methyl sites for hydroxylation is 1. The number of hydrogen-bond acceptors (Lipinski definition) is 3. The molecular formula is C34H44FNO2. The zero-order chi connectivity index (χ0) is 27.2. The lowest BCUT2D eigenvalue weighted by Crippen LogP contribution is -2.34. The van der Waals surface area contributed by atoms with Crippen molar-refractivity contribution in [2.75, 3.05) is 0 Å². The predicted octanol–water partition coefficient (Wildman–Crippen LogP) is 9.92. The molecule has 3 nitrogen and oxygen atoms in total. The highest BCUT2D eigenvalue weighted by Gasteiger charge is 2.34. The number of esters is 1. The first-order chi connectivity index (χ1) is 18.4. The van der Waals surface area contributed by atoms with Crippen LogP contribution >= 0.6 is 0 Å². The zero-order valence-electron chi connectivity index (χ0n) is 23.5. The van der Waals surface area contributed by atoms with E-state index in [1.807, 2.05) is 30.5 Å². The second-order valence-corrected chi connectivity index (χ2v) is 10.5. The summed E-state index contributed by atoms with van der Waals surface area (Å²) in [5.41, 5.74) is 3.29. The molecule has 0 bridgehead atoms. The third-order valence-corrected chi connectivity index (χ3v) is 7.15. The van der Waals surface area contributed by atoms with Gasteiger partial charge in [-0.25, -0.2) is 9.18 Å². The fraction of sp³-hybridized carbons (Fsp3) is 0.471. The van der Waals surface area contributed by atoms with Crippen LogP contribution in [-0.4, -0.2) is 16.6 Å². The Kier molecular flexibility index (Phi) is 12.0. The Morgan fingerprint density at radius 2 is 1.42 bits per heavy atom. The van der Waals surface area contributed by atoms with Gasteiger partial charge in [-0.1, -0.05) is 108 Å². The molecule has 0 aliphatic rings. The number of rotatable bonds is 16. The van der Waals surface area contributed by atoms with Crippen LogP contribution in [0.2, 0.25) is 0 Å². The van der Waals surface area contributed by atoms with Gasteiger partial charge in [0, 0.05) is 11.8 Å². The number of alkyl halides is 1. The van der Waals surface area contributed by atoms with Gasteiger partial charge >= 0.3 is 5.97 Å². The molecule has 1 atom stereocenters. The molecule has 3 rings (SSSR count). The van der Waals surface area contributed by atoms with Crippen LogP contribution < -0.4 is 4.74 Å². The molecule has 0 radical (unpaired) electrons. The SMILES string of the molecule is CCCCCCCCC(C)(F)C(=O)Oc1ccc(-c2ccccc2-c2ccc(CCCCCC)cn2)cc1. The number of pyridine rings is 1. The number of ether oxygens (including phenoxy) is 1. The minimum atomic E-state index is -1.98.